The van der Waals surface area contributed by atoms with Gasteiger partial charge in [-0.05, 0) is 68.8 Å². The quantitative estimate of drug-likeness (QED) is 0.677. The molecule has 0 aliphatic heterocycles. The summed E-state index contributed by atoms with van der Waals surface area (Å²) in [6, 6.07) is 11.8. The third-order valence-corrected chi connectivity index (χ3v) is 4.24. The van der Waals surface area contributed by atoms with Gasteiger partial charge < -0.3 is 10.6 Å². The van der Waals surface area contributed by atoms with E-state index in [0.717, 1.165) is 11.3 Å². The van der Waals surface area contributed by atoms with Gasteiger partial charge in [0.2, 0.25) is 0 Å². The smallest absolute Gasteiger partial charge is 0.255 e. The number of carbonyl (C=O) groups excluding carboxylic acids is 2. The number of rotatable bonds is 5. The Morgan fingerprint density at radius 2 is 1.79 bits per heavy atom. The Balaban J connectivity index is 1.81. The molecule has 0 saturated carbocycles. The molecule has 1 aromatic heterocycles. The number of nitrogens with one attached hydrogen (secondary N) is 2. The van der Waals surface area contributed by atoms with Crippen LogP contribution in [0.25, 0.3) is 5.69 Å². The van der Waals surface area contributed by atoms with Crippen LogP contribution in [0.2, 0.25) is 5.02 Å². The van der Waals surface area contributed by atoms with Crippen molar-refractivity contribution in [2.24, 2.45) is 0 Å². The van der Waals surface area contributed by atoms with Crippen molar-refractivity contribution in [3.05, 3.63) is 76.6 Å². The average Bonchev–Trinajstić information content (AvgIpc) is 3.07. The van der Waals surface area contributed by atoms with Gasteiger partial charge in [-0.1, -0.05) is 11.6 Å². The van der Waals surface area contributed by atoms with E-state index in [9.17, 15) is 9.59 Å². The number of hydrogen-bond acceptors (Lipinski definition) is 3. The van der Waals surface area contributed by atoms with E-state index in [1.807, 2.05) is 39.1 Å². The molecule has 0 spiro atoms. The van der Waals surface area contributed by atoms with Crippen molar-refractivity contribution >= 4 is 29.1 Å². The number of amides is 2. The van der Waals surface area contributed by atoms with Crippen LogP contribution in [-0.4, -0.2) is 27.6 Å². The van der Waals surface area contributed by atoms with Crippen LogP contribution in [0.3, 0.4) is 0 Å². The van der Waals surface area contributed by atoms with Crippen molar-refractivity contribution < 1.29 is 9.59 Å². The minimum absolute atomic E-state index is 0.0230. The van der Waals surface area contributed by atoms with Gasteiger partial charge in [0.25, 0.3) is 11.8 Å². The molecule has 0 fully saturated rings. The molecule has 144 valence electrons. The maximum Gasteiger partial charge on any atom is 0.255 e. The standard InChI is InChI=1S/C21H21ClN4O2/c1-13(2)24-21(28)18-9-6-16(22)10-19(18)25-20(27)15-4-7-17(8-5-15)26-12-14(3)11-23-26/h4-13H,1-3H3,(H,24,28)(H,25,27). The summed E-state index contributed by atoms with van der Waals surface area (Å²) in [5.74, 6) is -0.601. The van der Waals surface area contributed by atoms with Gasteiger partial charge in [-0.3, -0.25) is 9.59 Å². The summed E-state index contributed by atoms with van der Waals surface area (Å²) in [7, 11) is 0. The van der Waals surface area contributed by atoms with E-state index in [1.54, 1.807) is 41.2 Å². The number of aryl methyl sites for hydroxylation is 1. The molecule has 3 aromatic rings. The number of carbonyl (C=O) groups is 2. The monoisotopic (exact) mass is 396 g/mol. The van der Waals surface area contributed by atoms with Crippen LogP contribution in [0, 0.1) is 6.92 Å². The minimum atomic E-state index is -0.330. The second kappa shape index (κ2) is 8.27. The average molecular weight is 397 g/mol. The molecular weight excluding hydrogens is 376 g/mol. The van der Waals surface area contributed by atoms with E-state index in [0.29, 0.717) is 21.8 Å². The summed E-state index contributed by atoms with van der Waals surface area (Å²) in [5, 5.41) is 10.3. The van der Waals surface area contributed by atoms with Crippen LogP contribution in [0.4, 0.5) is 5.69 Å². The fraction of sp³-hybridized carbons (Fsp3) is 0.190. The molecule has 0 radical (unpaired) electrons. The van der Waals surface area contributed by atoms with Gasteiger partial charge >= 0.3 is 0 Å². The third kappa shape index (κ3) is 4.58. The summed E-state index contributed by atoms with van der Waals surface area (Å²) in [6.07, 6.45) is 3.67. The van der Waals surface area contributed by atoms with Crippen LogP contribution < -0.4 is 10.6 Å². The number of aromatic nitrogens is 2. The highest BCUT2D eigenvalue weighted by molar-refractivity contribution is 6.31. The number of halogens is 1. The summed E-state index contributed by atoms with van der Waals surface area (Å²) in [6.45, 7) is 5.70. The van der Waals surface area contributed by atoms with Crippen LogP contribution in [0.5, 0.6) is 0 Å². The molecule has 6 nitrogen and oxygen atoms in total. The lowest BCUT2D eigenvalue weighted by atomic mass is 10.1. The fourth-order valence-electron chi connectivity index (χ4n) is 2.67. The lowest BCUT2D eigenvalue weighted by Crippen LogP contribution is -2.31. The number of anilines is 1. The van der Waals surface area contributed by atoms with E-state index in [2.05, 4.69) is 15.7 Å². The maximum absolute atomic E-state index is 12.7. The zero-order chi connectivity index (χ0) is 20.3. The molecule has 7 heteroatoms. The molecule has 2 amide bonds. The molecule has 0 saturated heterocycles. The third-order valence-electron chi connectivity index (χ3n) is 4.00. The molecule has 0 unspecified atom stereocenters. The molecule has 3 rings (SSSR count). The highest BCUT2D eigenvalue weighted by atomic mass is 35.5. The van der Waals surface area contributed by atoms with E-state index in [4.69, 9.17) is 11.6 Å². The summed E-state index contributed by atoms with van der Waals surface area (Å²) in [4.78, 5) is 25.1. The first-order valence-corrected chi connectivity index (χ1v) is 9.25. The summed E-state index contributed by atoms with van der Waals surface area (Å²) >= 11 is 6.05. The number of hydrogen-bond donors (Lipinski definition) is 2. The van der Waals surface area contributed by atoms with Crippen LogP contribution in [-0.2, 0) is 0 Å². The molecule has 1 heterocycles. The number of nitrogens with zero attached hydrogens (tertiary/aromatic N) is 2. The Labute approximate surface area is 168 Å². The highest BCUT2D eigenvalue weighted by Gasteiger charge is 2.16. The van der Waals surface area contributed by atoms with Crippen LogP contribution in [0.15, 0.2) is 54.9 Å². The molecule has 2 aromatic carbocycles. The highest BCUT2D eigenvalue weighted by Crippen LogP contribution is 2.22. The van der Waals surface area contributed by atoms with Crippen LogP contribution in [0.1, 0.15) is 40.1 Å². The Bertz CT molecular complexity index is 1010. The lowest BCUT2D eigenvalue weighted by Gasteiger charge is -2.14. The second-order valence-corrected chi connectivity index (χ2v) is 7.22. The zero-order valence-corrected chi connectivity index (χ0v) is 16.6. The Morgan fingerprint density at radius 1 is 1.07 bits per heavy atom. The zero-order valence-electron chi connectivity index (χ0n) is 15.9. The first-order valence-electron chi connectivity index (χ1n) is 8.87. The minimum Gasteiger partial charge on any atom is -0.350 e. The van der Waals surface area contributed by atoms with Gasteiger partial charge in [-0.15, -0.1) is 0 Å². The summed E-state index contributed by atoms with van der Waals surface area (Å²) < 4.78 is 1.74. The van der Waals surface area contributed by atoms with Gasteiger partial charge in [0.15, 0.2) is 0 Å². The molecule has 0 aliphatic carbocycles. The van der Waals surface area contributed by atoms with Crippen molar-refractivity contribution in [3.8, 4) is 5.69 Å². The Hall–Kier alpha value is -3.12. The summed E-state index contributed by atoms with van der Waals surface area (Å²) in [5.41, 5.74) is 3.08. The van der Waals surface area contributed by atoms with E-state index in [1.165, 1.54) is 0 Å². The van der Waals surface area contributed by atoms with Gasteiger partial charge in [-0.2, -0.15) is 5.10 Å². The molecular formula is C21H21ClN4O2. The predicted octanol–water partition coefficient (Wildman–Crippen LogP) is 4.22. The molecule has 2 N–H and O–H groups in total. The molecule has 0 aliphatic rings. The maximum atomic E-state index is 12.7. The lowest BCUT2D eigenvalue weighted by molar-refractivity contribution is 0.0944. The van der Waals surface area contributed by atoms with Crippen molar-refractivity contribution in [3.63, 3.8) is 0 Å². The molecule has 0 atom stereocenters. The first kappa shape index (κ1) is 19.6. The van der Waals surface area contributed by atoms with Crippen molar-refractivity contribution in [2.45, 2.75) is 26.8 Å². The van der Waals surface area contributed by atoms with Crippen molar-refractivity contribution in [2.75, 3.05) is 5.32 Å². The van der Waals surface area contributed by atoms with Crippen molar-refractivity contribution in [1.82, 2.24) is 15.1 Å². The van der Waals surface area contributed by atoms with Gasteiger partial charge in [0.05, 0.1) is 23.1 Å². The predicted molar refractivity (Wildman–Crippen MR) is 110 cm³/mol. The second-order valence-electron chi connectivity index (χ2n) is 6.78. The van der Waals surface area contributed by atoms with Crippen molar-refractivity contribution in [1.29, 1.82) is 0 Å². The fourth-order valence-corrected chi connectivity index (χ4v) is 2.84. The van der Waals surface area contributed by atoms with E-state index >= 15 is 0 Å². The molecule has 0 bridgehead atoms. The normalized spacial score (nSPS) is 10.8. The Morgan fingerprint density at radius 3 is 2.39 bits per heavy atom. The SMILES string of the molecule is Cc1cnn(-c2ccc(C(=O)Nc3cc(Cl)ccc3C(=O)NC(C)C)cc2)c1. The van der Waals surface area contributed by atoms with Gasteiger partial charge in [0, 0.05) is 22.8 Å². The Kier molecular flexibility index (Phi) is 5.80. The first-order chi connectivity index (χ1) is 13.3. The molecule has 28 heavy (non-hydrogen) atoms. The van der Waals surface area contributed by atoms with Gasteiger partial charge in [0.1, 0.15) is 0 Å². The largest absolute Gasteiger partial charge is 0.350 e. The van der Waals surface area contributed by atoms with Crippen LogP contribution >= 0.6 is 11.6 Å². The topological polar surface area (TPSA) is 76.0 Å². The van der Waals surface area contributed by atoms with Gasteiger partial charge in [-0.25, -0.2) is 4.68 Å². The van der Waals surface area contributed by atoms with E-state index in [-0.39, 0.29) is 17.9 Å². The number of benzene rings is 2. The van der Waals surface area contributed by atoms with E-state index < -0.39 is 0 Å².